The van der Waals surface area contributed by atoms with Crippen molar-refractivity contribution < 1.29 is 8.78 Å². The lowest BCUT2D eigenvalue weighted by Crippen LogP contribution is -2.19. The summed E-state index contributed by atoms with van der Waals surface area (Å²) < 4.78 is 29.0. The normalized spacial score (nSPS) is 18.0. The van der Waals surface area contributed by atoms with Gasteiger partial charge in [0.05, 0.1) is 10.9 Å². The van der Waals surface area contributed by atoms with Gasteiger partial charge >= 0.3 is 0 Å². The number of halogens is 3. The lowest BCUT2D eigenvalue weighted by molar-refractivity contribution is 0.313. The van der Waals surface area contributed by atoms with Crippen LogP contribution in [0.25, 0.3) is 11.0 Å². The van der Waals surface area contributed by atoms with Crippen molar-refractivity contribution in [1.82, 2.24) is 9.55 Å². The van der Waals surface area contributed by atoms with Crippen molar-refractivity contribution in [3.05, 3.63) is 29.6 Å². The molecule has 0 aliphatic heterocycles. The van der Waals surface area contributed by atoms with Gasteiger partial charge < -0.3 is 4.57 Å². The van der Waals surface area contributed by atoms with Gasteiger partial charge in [-0.1, -0.05) is 0 Å². The van der Waals surface area contributed by atoms with Crippen LogP contribution >= 0.6 is 11.6 Å². The number of nitrogens with zero attached hydrogens (tertiary/aromatic N) is 2. The minimum absolute atomic E-state index is 0.214. The van der Waals surface area contributed by atoms with Crippen LogP contribution in [0, 0.1) is 11.6 Å². The number of benzene rings is 1. The summed E-state index contributed by atoms with van der Waals surface area (Å²) in [5, 5.41) is -0.319. The van der Waals surface area contributed by atoms with Gasteiger partial charge in [0, 0.05) is 12.1 Å². The molecule has 0 N–H and O–H groups in total. The predicted molar refractivity (Wildman–Crippen MR) is 66.8 cm³/mol. The minimum atomic E-state index is -0.623. The molecule has 1 fully saturated rings. The third-order valence-electron chi connectivity index (χ3n) is 3.54. The van der Waals surface area contributed by atoms with Crippen LogP contribution in [0.4, 0.5) is 8.78 Å². The first-order chi connectivity index (χ1) is 8.58. The zero-order valence-electron chi connectivity index (χ0n) is 9.96. The number of hydrogen-bond donors (Lipinski definition) is 0. The smallest absolute Gasteiger partial charge is 0.153 e. The second-order valence-electron chi connectivity index (χ2n) is 4.80. The SMILES string of the molecule is CC(Cl)c1nc2c(F)cc(F)cc2n1C1CCC1. The highest BCUT2D eigenvalue weighted by atomic mass is 35.5. The highest BCUT2D eigenvalue weighted by molar-refractivity contribution is 6.20. The zero-order valence-corrected chi connectivity index (χ0v) is 10.7. The summed E-state index contributed by atoms with van der Waals surface area (Å²) in [4.78, 5) is 4.25. The van der Waals surface area contributed by atoms with Crippen molar-refractivity contribution in [2.75, 3.05) is 0 Å². The number of hydrogen-bond acceptors (Lipinski definition) is 1. The van der Waals surface area contributed by atoms with Crippen molar-refractivity contribution in [1.29, 1.82) is 0 Å². The molecule has 1 aliphatic rings. The van der Waals surface area contributed by atoms with Gasteiger partial charge in [0.15, 0.2) is 5.82 Å². The molecule has 0 spiro atoms. The summed E-state index contributed by atoms with van der Waals surface area (Å²) >= 11 is 6.10. The van der Waals surface area contributed by atoms with E-state index in [1.54, 1.807) is 6.92 Å². The van der Waals surface area contributed by atoms with E-state index in [2.05, 4.69) is 4.98 Å². The van der Waals surface area contributed by atoms with Crippen molar-refractivity contribution in [3.63, 3.8) is 0 Å². The van der Waals surface area contributed by atoms with E-state index in [9.17, 15) is 8.78 Å². The molecule has 5 heteroatoms. The molecule has 1 atom stereocenters. The molecule has 2 aromatic rings. The Kier molecular flexibility index (Phi) is 2.77. The number of alkyl halides is 1. The Morgan fingerprint density at radius 2 is 2.11 bits per heavy atom. The Morgan fingerprint density at radius 3 is 2.67 bits per heavy atom. The van der Waals surface area contributed by atoms with Gasteiger partial charge in [-0.05, 0) is 32.3 Å². The number of fused-ring (bicyclic) bond motifs is 1. The van der Waals surface area contributed by atoms with Gasteiger partial charge in [-0.3, -0.25) is 0 Å². The average molecular weight is 271 g/mol. The Bertz CT molecular complexity index is 603. The van der Waals surface area contributed by atoms with Crippen molar-refractivity contribution in [2.45, 2.75) is 37.6 Å². The summed E-state index contributed by atoms with van der Waals surface area (Å²) in [7, 11) is 0. The van der Waals surface area contributed by atoms with Crippen LogP contribution in [0.15, 0.2) is 12.1 Å². The van der Waals surface area contributed by atoms with Gasteiger partial charge in [-0.15, -0.1) is 11.6 Å². The topological polar surface area (TPSA) is 17.8 Å². The van der Waals surface area contributed by atoms with E-state index >= 15 is 0 Å². The summed E-state index contributed by atoms with van der Waals surface area (Å²) in [5.74, 6) is -0.572. The quantitative estimate of drug-likeness (QED) is 0.742. The second kappa shape index (κ2) is 4.19. The first-order valence-corrected chi connectivity index (χ1v) is 6.52. The van der Waals surface area contributed by atoms with E-state index in [4.69, 9.17) is 11.6 Å². The first-order valence-electron chi connectivity index (χ1n) is 6.09. The molecule has 3 rings (SSSR count). The molecule has 2 nitrogen and oxygen atoms in total. The maximum atomic E-state index is 13.7. The molecular formula is C13H13ClF2N2. The molecule has 1 aromatic carbocycles. The van der Waals surface area contributed by atoms with E-state index in [0.717, 1.165) is 25.3 Å². The largest absolute Gasteiger partial charge is 0.323 e. The van der Waals surface area contributed by atoms with Gasteiger partial charge in [-0.2, -0.15) is 0 Å². The summed E-state index contributed by atoms with van der Waals surface area (Å²) in [6.45, 7) is 1.80. The number of rotatable bonds is 2. The van der Waals surface area contributed by atoms with Crippen molar-refractivity contribution >= 4 is 22.6 Å². The van der Waals surface area contributed by atoms with Crippen LogP contribution in [-0.4, -0.2) is 9.55 Å². The fourth-order valence-corrected chi connectivity index (χ4v) is 2.60. The van der Waals surface area contributed by atoms with Gasteiger partial charge in [0.2, 0.25) is 0 Å². The molecule has 1 saturated carbocycles. The fraction of sp³-hybridized carbons (Fsp3) is 0.462. The van der Waals surface area contributed by atoms with E-state index in [0.29, 0.717) is 11.3 Å². The molecule has 96 valence electrons. The molecule has 18 heavy (non-hydrogen) atoms. The maximum absolute atomic E-state index is 13.7. The standard InChI is InChI=1S/C13H13ClF2N2/c1-7(14)13-17-12-10(16)5-8(15)6-11(12)18(13)9-3-2-4-9/h5-7,9H,2-4H2,1H3. The van der Waals surface area contributed by atoms with E-state index in [-0.39, 0.29) is 16.9 Å². The molecule has 1 aromatic heterocycles. The fourth-order valence-electron chi connectivity index (χ4n) is 2.45. The highest BCUT2D eigenvalue weighted by Gasteiger charge is 2.27. The molecule has 1 heterocycles. The van der Waals surface area contributed by atoms with Crippen LogP contribution in [0.2, 0.25) is 0 Å². The molecule has 0 saturated heterocycles. The second-order valence-corrected chi connectivity index (χ2v) is 5.45. The summed E-state index contributed by atoms with van der Waals surface area (Å²) in [6, 6.07) is 2.47. The Balaban J connectivity index is 2.30. The van der Waals surface area contributed by atoms with E-state index in [1.165, 1.54) is 6.07 Å². The molecular weight excluding hydrogens is 258 g/mol. The maximum Gasteiger partial charge on any atom is 0.153 e. The van der Waals surface area contributed by atoms with Crippen molar-refractivity contribution in [3.8, 4) is 0 Å². The van der Waals surface area contributed by atoms with Crippen LogP contribution in [-0.2, 0) is 0 Å². The Morgan fingerprint density at radius 1 is 1.39 bits per heavy atom. The summed E-state index contributed by atoms with van der Waals surface area (Å²) in [6.07, 6.45) is 3.17. The van der Waals surface area contributed by atoms with Crippen LogP contribution in [0.3, 0.4) is 0 Å². The monoisotopic (exact) mass is 270 g/mol. The third kappa shape index (κ3) is 1.70. The predicted octanol–water partition coefficient (Wildman–Crippen LogP) is 4.34. The molecule has 0 radical (unpaired) electrons. The third-order valence-corrected chi connectivity index (χ3v) is 3.73. The lowest BCUT2D eigenvalue weighted by Gasteiger charge is -2.29. The molecule has 0 amide bonds. The van der Waals surface area contributed by atoms with Gasteiger partial charge in [0.25, 0.3) is 0 Å². The average Bonchev–Trinajstić information content (AvgIpc) is 2.56. The molecule has 0 bridgehead atoms. The minimum Gasteiger partial charge on any atom is -0.323 e. The Labute approximate surface area is 109 Å². The van der Waals surface area contributed by atoms with E-state index < -0.39 is 11.6 Å². The molecule has 1 unspecified atom stereocenters. The van der Waals surface area contributed by atoms with Gasteiger partial charge in [0.1, 0.15) is 17.2 Å². The zero-order chi connectivity index (χ0) is 12.9. The molecule has 1 aliphatic carbocycles. The van der Waals surface area contributed by atoms with Crippen LogP contribution in [0.1, 0.15) is 43.4 Å². The summed E-state index contributed by atoms with van der Waals surface area (Å²) in [5.41, 5.74) is 0.727. The number of aromatic nitrogens is 2. The number of imidazole rings is 1. The highest BCUT2D eigenvalue weighted by Crippen LogP contribution is 2.38. The Hall–Kier alpha value is -1.16. The first kappa shape index (κ1) is 11.9. The van der Waals surface area contributed by atoms with Crippen molar-refractivity contribution in [2.24, 2.45) is 0 Å². The lowest BCUT2D eigenvalue weighted by atomic mass is 9.92. The van der Waals surface area contributed by atoms with E-state index in [1.807, 2.05) is 4.57 Å². The van der Waals surface area contributed by atoms with Crippen LogP contribution < -0.4 is 0 Å². The van der Waals surface area contributed by atoms with Gasteiger partial charge in [-0.25, -0.2) is 13.8 Å². The van der Waals surface area contributed by atoms with Crippen LogP contribution in [0.5, 0.6) is 0 Å².